The van der Waals surface area contributed by atoms with Crippen molar-refractivity contribution < 1.29 is 4.79 Å². The molecule has 1 N–H and O–H groups in total. The first-order chi connectivity index (χ1) is 8.08. The van der Waals surface area contributed by atoms with Gasteiger partial charge in [0.15, 0.2) is 0 Å². The number of nitrogens with one attached hydrogen (secondary N) is 1. The van der Waals surface area contributed by atoms with Gasteiger partial charge in [0.2, 0.25) is 0 Å². The van der Waals surface area contributed by atoms with E-state index in [4.69, 9.17) is 11.6 Å². The van der Waals surface area contributed by atoms with Crippen molar-refractivity contribution in [1.82, 2.24) is 10.2 Å². The lowest BCUT2D eigenvalue weighted by Gasteiger charge is -2.32. The summed E-state index contributed by atoms with van der Waals surface area (Å²) >= 11 is 8.10. The second-order valence-corrected chi connectivity index (χ2v) is 5.80. The topological polar surface area (TPSA) is 32.3 Å². The van der Waals surface area contributed by atoms with Gasteiger partial charge in [-0.1, -0.05) is 11.6 Å². The molecular weight excluding hydrogens is 386 g/mol. The van der Waals surface area contributed by atoms with Crippen LogP contribution in [0.2, 0.25) is 5.02 Å². The minimum absolute atomic E-state index is 0. The minimum Gasteiger partial charge on any atom is -0.336 e. The van der Waals surface area contributed by atoms with Crippen molar-refractivity contribution in [2.45, 2.75) is 13.0 Å². The largest absolute Gasteiger partial charge is 0.336 e. The van der Waals surface area contributed by atoms with E-state index in [9.17, 15) is 4.79 Å². The maximum Gasteiger partial charge on any atom is 0.253 e. The Morgan fingerprint density at radius 2 is 2.28 bits per heavy atom. The van der Waals surface area contributed by atoms with Gasteiger partial charge in [0.1, 0.15) is 0 Å². The van der Waals surface area contributed by atoms with Gasteiger partial charge in [-0.2, -0.15) is 0 Å². The van der Waals surface area contributed by atoms with Gasteiger partial charge in [-0.15, -0.1) is 12.4 Å². The average Bonchev–Trinajstić information content (AvgIpc) is 2.32. The summed E-state index contributed by atoms with van der Waals surface area (Å²) in [6.45, 7) is 4.48. The quantitative estimate of drug-likeness (QED) is 0.735. The van der Waals surface area contributed by atoms with Crippen LogP contribution in [0.4, 0.5) is 0 Å². The SMILES string of the molecule is CC1CN(C(=O)c2ccc(Cl)c(I)c2)CCN1.Cl. The first-order valence-electron chi connectivity index (χ1n) is 5.55. The van der Waals surface area contributed by atoms with Crippen molar-refractivity contribution >= 4 is 52.5 Å². The molecule has 18 heavy (non-hydrogen) atoms. The molecule has 1 aliphatic heterocycles. The summed E-state index contributed by atoms with van der Waals surface area (Å²) in [6.07, 6.45) is 0. The number of piperazine rings is 1. The Balaban J connectivity index is 0.00000162. The Kier molecular flexibility index (Phi) is 6.17. The van der Waals surface area contributed by atoms with Gasteiger partial charge >= 0.3 is 0 Å². The van der Waals surface area contributed by atoms with E-state index in [1.165, 1.54) is 0 Å². The van der Waals surface area contributed by atoms with E-state index in [0.717, 1.165) is 23.2 Å². The molecule has 6 heteroatoms. The number of nitrogens with zero attached hydrogens (tertiary/aromatic N) is 1. The number of benzene rings is 1. The van der Waals surface area contributed by atoms with Crippen LogP contribution in [0.3, 0.4) is 0 Å². The van der Waals surface area contributed by atoms with Gasteiger partial charge in [-0.25, -0.2) is 0 Å². The molecule has 1 aromatic rings. The Morgan fingerprint density at radius 1 is 1.56 bits per heavy atom. The highest BCUT2D eigenvalue weighted by Crippen LogP contribution is 2.20. The minimum atomic E-state index is 0. The van der Waals surface area contributed by atoms with Gasteiger partial charge in [0.25, 0.3) is 5.91 Å². The van der Waals surface area contributed by atoms with Crippen molar-refractivity contribution in [2.24, 2.45) is 0 Å². The van der Waals surface area contributed by atoms with Crippen LogP contribution in [0.5, 0.6) is 0 Å². The van der Waals surface area contributed by atoms with Crippen LogP contribution in [0.1, 0.15) is 17.3 Å². The lowest BCUT2D eigenvalue weighted by Crippen LogP contribution is -2.51. The Morgan fingerprint density at radius 3 is 2.89 bits per heavy atom. The molecule has 1 saturated heterocycles. The van der Waals surface area contributed by atoms with Gasteiger partial charge in [0.05, 0.1) is 5.02 Å². The lowest BCUT2D eigenvalue weighted by atomic mass is 10.1. The fourth-order valence-electron chi connectivity index (χ4n) is 1.93. The number of hydrogen-bond acceptors (Lipinski definition) is 2. The summed E-state index contributed by atoms with van der Waals surface area (Å²) in [6, 6.07) is 5.78. The van der Waals surface area contributed by atoms with Crippen molar-refractivity contribution in [3.63, 3.8) is 0 Å². The Hall–Kier alpha value is -0.0400. The van der Waals surface area contributed by atoms with E-state index in [1.54, 1.807) is 12.1 Å². The molecule has 3 nitrogen and oxygen atoms in total. The number of carbonyl (C=O) groups excluding carboxylic acids is 1. The van der Waals surface area contributed by atoms with Crippen LogP contribution >= 0.6 is 46.6 Å². The highest BCUT2D eigenvalue weighted by Gasteiger charge is 2.21. The Bertz CT molecular complexity index is 442. The molecule has 1 heterocycles. The molecule has 1 aromatic carbocycles. The first kappa shape index (κ1) is 16.0. The molecule has 100 valence electrons. The van der Waals surface area contributed by atoms with Gasteiger partial charge in [-0.3, -0.25) is 4.79 Å². The predicted octanol–water partition coefficient (Wildman–Crippen LogP) is 2.80. The van der Waals surface area contributed by atoms with E-state index in [0.29, 0.717) is 16.6 Å². The highest BCUT2D eigenvalue weighted by molar-refractivity contribution is 14.1. The summed E-state index contributed by atoms with van der Waals surface area (Å²) < 4.78 is 0.915. The van der Waals surface area contributed by atoms with Crippen LogP contribution < -0.4 is 5.32 Å². The monoisotopic (exact) mass is 400 g/mol. The fourth-order valence-corrected chi connectivity index (χ4v) is 2.56. The molecule has 0 spiro atoms. The standard InChI is InChI=1S/C12H14ClIN2O.ClH/c1-8-7-16(5-4-15-8)12(17)9-2-3-10(13)11(14)6-9;/h2-3,6,8,15H,4-5,7H2,1H3;1H. The van der Waals surface area contributed by atoms with E-state index in [2.05, 4.69) is 34.8 Å². The lowest BCUT2D eigenvalue weighted by molar-refractivity contribution is 0.0709. The molecular formula is C12H15Cl2IN2O. The first-order valence-corrected chi connectivity index (χ1v) is 7.01. The number of amides is 1. The summed E-state index contributed by atoms with van der Waals surface area (Å²) in [5.41, 5.74) is 0.716. The number of carbonyl (C=O) groups is 1. The molecule has 0 bridgehead atoms. The zero-order valence-corrected chi connectivity index (χ0v) is 13.7. The molecule has 0 aliphatic carbocycles. The number of halogens is 3. The van der Waals surface area contributed by atoms with Gasteiger partial charge in [-0.05, 0) is 47.7 Å². The van der Waals surface area contributed by atoms with E-state index >= 15 is 0 Å². The second-order valence-electron chi connectivity index (χ2n) is 4.24. The highest BCUT2D eigenvalue weighted by atomic mass is 127. The van der Waals surface area contributed by atoms with Crippen molar-refractivity contribution in [1.29, 1.82) is 0 Å². The van der Waals surface area contributed by atoms with Crippen LogP contribution in [0.25, 0.3) is 0 Å². The summed E-state index contributed by atoms with van der Waals surface area (Å²) in [5.74, 6) is 0.0907. The fraction of sp³-hybridized carbons (Fsp3) is 0.417. The number of rotatable bonds is 1. The summed E-state index contributed by atoms with van der Waals surface area (Å²) in [7, 11) is 0. The normalized spacial score (nSPS) is 19.3. The van der Waals surface area contributed by atoms with Gasteiger partial charge in [0, 0.05) is 34.8 Å². The van der Waals surface area contributed by atoms with E-state index in [-0.39, 0.29) is 18.3 Å². The molecule has 1 aliphatic rings. The average molecular weight is 401 g/mol. The molecule has 0 saturated carbocycles. The predicted molar refractivity (Wildman–Crippen MR) is 84.8 cm³/mol. The molecule has 0 aromatic heterocycles. The maximum atomic E-state index is 12.3. The van der Waals surface area contributed by atoms with Crippen molar-refractivity contribution in [3.05, 3.63) is 32.4 Å². The van der Waals surface area contributed by atoms with E-state index in [1.807, 2.05) is 11.0 Å². The van der Waals surface area contributed by atoms with Crippen molar-refractivity contribution in [3.8, 4) is 0 Å². The zero-order chi connectivity index (χ0) is 12.4. The summed E-state index contributed by atoms with van der Waals surface area (Å²) in [4.78, 5) is 14.1. The molecule has 0 radical (unpaired) electrons. The molecule has 1 unspecified atom stereocenters. The molecule has 1 fully saturated rings. The third-order valence-corrected chi connectivity index (χ3v) is 4.36. The smallest absolute Gasteiger partial charge is 0.253 e. The second kappa shape index (κ2) is 6.93. The van der Waals surface area contributed by atoms with Crippen LogP contribution in [0, 0.1) is 3.57 Å². The van der Waals surface area contributed by atoms with Crippen LogP contribution in [-0.4, -0.2) is 36.5 Å². The molecule has 2 rings (SSSR count). The van der Waals surface area contributed by atoms with Crippen LogP contribution in [-0.2, 0) is 0 Å². The molecule has 1 atom stereocenters. The summed E-state index contributed by atoms with van der Waals surface area (Å²) in [5, 5.41) is 4.01. The third-order valence-electron chi connectivity index (χ3n) is 2.82. The maximum absolute atomic E-state index is 12.3. The Labute approximate surface area is 132 Å². The van der Waals surface area contributed by atoms with Crippen molar-refractivity contribution in [2.75, 3.05) is 19.6 Å². The zero-order valence-electron chi connectivity index (χ0n) is 9.95. The third kappa shape index (κ3) is 3.73. The van der Waals surface area contributed by atoms with E-state index < -0.39 is 0 Å². The number of hydrogen-bond donors (Lipinski definition) is 1. The van der Waals surface area contributed by atoms with Crippen LogP contribution in [0.15, 0.2) is 18.2 Å². The molecule has 1 amide bonds. The van der Waals surface area contributed by atoms with Gasteiger partial charge < -0.3 is 10.2 Å².